The van der Waals surface area contributed by atoms with E-state index in [9.17, 15) is 9.59 Å². The quantitative estimate of drug-likeness (QED) is 0.654. The average Bonchev–Trinajstić information content (AvgIpc) is 2.21. The molecule has 0 aromatic carbocycles. The second-order valence-corrected chi connectivity index (χ2v) is 4.78. The van der Waals surface area contributed by atoms with Crippen molar-refractivity contribution in [1.82, 2.24) is 0 Å². The lowest BCUT2D eigenvalue weighted by atomic mass is 10.0. The Balaban J connectivity index is 4.43. The van der Waals surface area contributed by atoms with E-state index in [2.05, 4.69) is 4.74 Å². The molecule has 3 N–H and O–H groups in total. The summed E-state index contributed by atoms with van der Waals surface area (Å²) < 4.78 is 9.54. The van der Waals surface area contributed by atoms with Crippen molar-refractivity contribution in [3.8, 4) is 0 Å². The predicted molar refractivity (Wildman–Crippen MR) is 61.0 cm³/mol. The largest absolute Gasteiger partial charge is 0.468 e. The van der Waals surface area contributed by atoms with E-state index in [0.717, 1.165) is 0 Å². The summed E-state index contributed by atoms with van der Waals surface area (Å²) >= 11 is 0. The number of carbonyl (C=O) groups excluding carboxylic acids is 2. The van der Waals surface area contributed by atoms with E-state index in [1.165, 1.54) is 7.11 Å². The fourth-order valence-electron chi connectivity index (χ4n) is 1.18. The van der Waals surface area contributed by atoms with Crippen LogP contribution in [0.25, 0.3) is 0 Å². The molecule has 0 aliphatic heterocycles. The van der Waals surface area contributed by atoms with Crippen LogP contribution in [-0.4, -0.2) is 42.4 Å². The molecule has 0 fully saturated rings. The Hall–Kier alpha value is -1.14. The standard InChI is InChI=1S/C11H21NO5/c1-11(2,3)17-9(14)7(6-13)5-8(12)10(15)16-4/h7-8,13H,5-6,12H2,1-4H3/t7?,8-/m1/s1. The number of aliphatic hydroxyl groups is 1. The summed E-state index contributed by atoms with van der Waals surface area (Å²) in [5, 5.41) is 9.09. The zero-order valence-corrected chi connectivity index (χ0v) is 10.7. The predicted octanol–water partition coefficient (Wildman–Crippen LogP) is -0.173. The Morgan fingerprint density at radius 1 is 1.29 bits per heavy atom. The van der Waals surface area contributed by atoms with Gasteiger partial charge in [0.05, 0.1) is 19.6 Å². The minimum absolute atomic E-state index is 0.00190. The van der Waals surface area contributed by atoms with Crippen molar-refractivity contribution in [1.29, 1.82) is 0 Å². The van der Waals surface area contributed by atoms with Crippen molar-refractivity contribution in [2.45, 2.75) is 38.8 Å². The number of carbonyl (C=O) groups is 2. The molecule has 0 aliphatic rings. The molecule has 0 radical (unpaired) electrons. The van der Waals surface area contributed by atoms with Crippen molar-refractivity contribution < 1.29 is 24.2 Å². The summed E-state index contributed by atoms with van der Waals surface area (Å²) in [6.45, 7) is 4.75. The lowest BCUT2D eigenvalue weighted by Gasteiger charge is -2.24. The van der Waals surface area contributed by atoms with Crippen LogP contribution in [0.15, 0.2) is 0 Å². The van der Waals surface area contributed by atoms with Crippen LogP contribution in [0.2, 0.25) is 0 Å². The van der Waals surface area contributed by atoms with Crippen LogP contribution in [0, 0.1) is 5.92 Å². The van der Waals surface area contributed by atoms with Crippen LogP contribution in [0.4, 0.5) is 0 Å². The average molecular weight is 247 g/mol. The van der Waals surface area contributed by atoms with Gasteiger partial charge in [0, 0.05) is 0 Å². The fraction of sp³-hybridized carbons (Fsp3) is 0.818. The monoisotopic (exact) mass is 247 g/mol. The molecule has 100 valence electrons. The maximum Gasteiger partial charge on any atom is 0.322 e. The molecule has 0 spiro atoms. The van der Waals surface area contributed by atoms with Gasteiger partial charge in [-0.1, -0.05) is 0 Å². The van der Waals surface area contributed by atoms with E-state index >= 15 is 0 Å². The highest BCUT2D eigenvalue weighted by molar-refractivity contribution is 5.78. The summed E-state index contributed by atoms with van der Waals surface area (Å²) in [6.07, 6.45) is -0.00190. The van der Waals surface area contributed by atoms with E-state index in [-0.39, 0.29) is 6.42 Å². The first-order chi connectivity index (χ1) is 7.71. The highest BCUT2D eigenvalue weighted by atomic mass is 16.6. The molecule has 0 amide bonds. The van der Waals surface area contributed by atoms with Gasteiger partial charge in [-0.2, -0.15) is 0 Å². The van der Waals surface area contributed by atoms with Crippen LogP contribution < -0.4 is 5.73 Å². The first-order valence-electron chi connectivity index (χ1n) is 5.38. The molecule has 1 unspecified atom stereocenters. The number of methoxy groups -OCH3 is 1. The third-order valence-electron chi connectivity index (χ3n) is 2.00. The molecule has 0 bridgehead atoms. The zero-order chi connectivity index (χ0) is 13.6. The molecule has 0 rings (SSSR count). The summed E-state index contributed by atoms with van der Waals surface area (Å²) in [5.74, 6) is -2.00. The number of ether oxygens (including phenoxy) is 2. The second-order valence-electron chi connectivity index (χ2n) is 4.78. The molecule has 0 aromatic rings. The van der Waals surface area contributed by atoms with Crippen molar-refractivity contribution in [3.05, 3.63) is 0 Å². The third-order valence-corrected chi connectivity index (χ3v) is 2.00. The molecule has 6 nitrogen and oxygen atoms in total. The minimum atomic E-state index is -0.940. The van der Waals surface area contributed by atoms with Gasteiger partial charge in [-0.3, -0.25) is 9.59 Å². The highest BCUT2D eigenvalue weighted by Crippen LogP contribution is 2.14. The lowest BCUT2D eigenvalue weighted by molar-refractivity contribution is -0.162. The first kappa shape index (κ1) is 15.9. The number of hydrogen-bond acceptors (Lipinski definition) is 6. The number of nitrogens with two attached hydrogens (primary N) is 1. The molecule has 0 aromatic heterocycles. The van der Waals surface area contributed by atoms with Gasteiger partial charge in [0.2, 0.25) is 0 Å². The van der Waals surface area contributed by atoms with Gasteiger partial charge in [0.1, 0.15) is 11.6 Å². The van der Waals surface area contributed by atoms with Crippen LogP contribution in [0.5, 0.6) is 0 Å². The Labute approximate surface area is 101 Å². The molecule has 6 heteroatoms. The smallest absolute Gasteiger partial charge is 0.322 e. The third kappa shape index (κ3) is 6.23. The second kappa shape index (κ2) is 6.56. The number of hydrogen-bond donors (Lipinski definition) is 2. The summed E-state index contributed by atoms with van der Waals surface area (Å²) in [5.41, 5.74) is 4.87. The van der Waals surface area contributed by atoms with Gasteiger partial charge in [-0.05, 0) is 27.2 Å². The van der Waals surface area contributed by atoms with E-state index in [4.69, 9.17) is 15.6 Å². The lowest BCUT2D eigenvalue weighted by Crippen LogP contribution is -2.38. The Bertz CT molecular complexity index is 272. The zero-order valence-electron chi connectivity index (χ0n) is 10.7. The van der Waals surface area contributed by atoms with Gasteiger partial charge >= 0.3 is 11.9 Å². The maximum atomic E-state index is 11.6. The fourth-order valence-corrected chi connectivity index (χ4v) is 1.18. The molecule has 0 saturated heterocycles. The summed E-state index contributed by atoms with van der Waals surface area (Å²) in [6, 6.07) is -0.940. The van der Waals surface area contributed by atoms with E-state index in [0.29, 0.717) is 0 Å². The molecular weight excluding hydrogens is 226 g/mol. The maximum absolute atomic E-state index is 11.6. The highest BCUT2D eigenvalue weighted by Gasteiger charge is 2.28. The normalized spacial score (nSPS) is 14.9. The van der Waals surface area contributed by atoms with E-state index in [1.54, 1.807) is 20.8 Å². The van der Waals surface area contributed by atoms with Gasteiger partial charge < -0.3 is 20.3 Å². The van der Waals surface area contributed by atoms with Gasteiger partial charge in [0.15, 0.2) is 0 Å². The van der Waals surface area contributed by atoms with Crippen LogP contribution in [0.1, 0.15) is 27.2 Å². The molecule has 2 atom stereocenters. The minimum Gasteiger partial charge on any atom is -0.468 e. The van der Waals surface area contributed by atoms with E-state index in [1.807, 2.05) is 0 Å². The van der Waals surface area contributed by atoms with Crippen LogP contribution in [0.3, 0.4) is 0 Å². The Kier molecular flexibility index (Phi) is 6.12. The Morgan fingerprint density at radius 2 is 1.82 bits per heavy atom. The summed E-state index contributed by atoms with van der Waals surface area (Å²) in [4.78, 5) is 22.7. The number of rotatable bonds is 5. The first-order valence-corrected chi connectivity index (χ1v) is 5.38. The number of aliphatic hydroxyl groups excluding tert-OH is 1. The molecule has 0 aliphatic carbocycles. The van der Waals surface area contributed by atoms with Crippen molar-refractivity contribution in [3.63, 3.8) is 0 Å². The van der Waals surface area contributed by atoms with Crippen molar-refractivity contribution in [2.24, 2.45) is 11.7 Å². The topological polar surface area (TPSA) is 98.9 Å². The number of esters is 2. The molecule has 0 saturated carbocycles. The molecule has 0 heterocycles. The SMILES string of the molecule is COC(=O)[C@H](N)CC(CO)C(=O)OC(C)(C)C. The molecule has 17 heavy (non-hydrogen) atoms. The summed E-state index contributed by atoms with van der Waals surface area (Å²) in [7, 11) is 1.21. The van der Waals surface area contributed by atoms with Crippen molar-refractivity contribution in [2.75, 3.05) is 13.7 Å². The molecular formula is C11H21NO5. The van der Waals surface area contributed by atoms with Crippen LogP contribution >= 0.6 is 0 Å². The Morgan fingerprint density at radius 3 is 2.18 bits per heavy atom. The van der Waals surface area contributed by atoms with Gasteiger partial charge in [-0.25, -0.2) is 0 Å². The van der Waals surface area contributed by atoms with E-state index < -0.39 is 36.1 Å². The van der Waals surface area contributed by atoms with Gasteiger partial charge in [-0.15, -0.1) is 0 Å². The van der Waals surface area contributed by atoms with Crippen LogP contribution in [-0.2, 0) is 19.1 Å². The van der Waals surface area contributed by atoms with Gasteiger partial charge in [0.25, 0.3) is 0 Å². The van der Waals surface area contributed by atoms with Crippen molar-refractivity contribution >= 4 is 11.9 Å².